The minimum absolute atomic E-state index is 0.0847. The van der Waals surface area contributed by atoms with Crippen molar-refractivity contribution in [2.24, 2.45) is 0 Å². The Kier molecular flexibility index (Phi) is 4.99. The lowest BCUT2D eigenvalue weighted by Gasteiger charge is -2.08. The normalized spacial score (nSPS) is 12.9. The van der Waals surface area contributed by atoms with E-state index in [2.05, 4.69) is 9.71 Å². The number of sulfonamides is 1. The molecule has 0 aromatic carbocycles. The third kappa shape index (κ3) is 3.73. The standard InChI is InChI=1S/C10H13N3O4S2/c1-3-7(4-11)19(16,17)12-5-8-13-6(2)9(18-8)10(14)15/h7,12H,3,5H2,1-2H3,(H,14,15). The third-order valence-electron chi connectivity index (χ3n) is 2.35. The van der Waals surface area contributed by atoms with Gasteiger partial charge in [0, 0.05) is 0 Å². The van der Waals surface area contributed by atoms with Crippen LogP contribution in [0.5, 0.6) is 0 Å². The summed E-state index contributed by atoms with van der Waals surface area (Å²) in [5.74, 6) is -1.09. The zero-order valence-corrected chi connectivity index (χ0v) is 12.0. The van der Waals surface area contributed by atoms with E-state index < -0.39 is 21.2 Å². The van der Waals surface area contributed by atoms with E-state index in [1.807, 2.05) is 0 Å². The number of aryl methyl sites for hydroxylation is 1. The number of carboxylic acid groups (broad SMARTS) is 1. The second-order valence-corrected chi connectivity index (χ2v) is 6.75. The maximum Gasteiger partial charge on any atom is 0.347 e. The molecule has 1 aromatic heterocycles. The number of aromatic carboxylic acids is 1. The second-order valence-electron chi connectivity index (χ2n) is 3.72. The summed E-state index contributed by atoms with van der Waals surface area (Å²) in [4.78, 5) is 14.9. The highest BCUT2D eigenvalue weighted by atomic mass is 32.2. The zero-order chi connectivity index (χ0) is 14.6. The van der Waals surface area contributed by atoms with Crippen LogP contribution in [0.2, 0.25) is 0 Å². The zero-order valence-electron chi connectivity index (χ0n) is 10.4. The summed E-state index contributed by atoms with van der Waals surface area (Å²) < 4.78 is 25.7. The van der Waals surface area contributed by atoms with Crippen molar-refractivity contribution < 1.29 is 18.3 Å². The second kappa shape index (κ2) is 6.10. The number of hydrogen-bond acceptors (Lipinski definition) is 6. The smallest absolute Gasteiger partial charge is 0.347 e. The van der Waals surface area contributed by atoms with Crippen molar-refractivity contribution in [3.63, 3.8) is 0 Å². The summed E-state index contributed by atoms with van der Waals surface area (Å²) in [5.41, 5.74) is 0.346. The van der Waals surface area contributed by atoms with Gasteiger partial charge >= 0.3 is 5.97 Å². The molecule has 0 bridgehead atoms. The quantitative estimate of drug-likeness (QED) is 0.804. The molecule has 0 aliphatic rings. The largest absolute Gasteiger partial charge is 0.477 e. The van der Waals surface area contributed by atoms with E-state index in [4.69, 9.17) is 10.4 Å². The molecule has 0 saturated heterocycles. The number of nitrogens with zero attached hydrogens (tertiary/aromatic N) is 2. The lowest BCUT2D eigenvalue weighted by atomic mass is 10.4. The Hall–Kier alpha value is -1.50. The first-order chi connectivity index (χ1) is 8.81. The molecule has 0 fully saturated rings. The fraction of sp³-hybridized carbons (Fsp3) is 0.500. The molecule has 1 atom stereocenters. The number of rotatable bonds is 6. The molecule has 0 spiro atoms. The van der Waals surface area contributed by atoms with Crippen LogP contribution in [0.25, 0.3) is 0 Å². The van der Waals surface area contributed by atoms with Crippen molar-refractivity contribution in [2.45, 2.75) is 32.1 Å². The number of thiazole rings is 1. The molecule has 1 aromatic rings. The van der Waals surface area contributed by atoms with E-state index in [9.17, 15) is 13.2 Å². The number of carbonyl (C=O) groups is 1. The summed E-state index contributed by atoms with van der Waals surface area (Å²) in [6, 6.07) is 1.70. The first-order valence-corrected chi connectivity index (χ1v) is 7.75. The molecule has 0 radical (unpaired) electrons. The Morgan fingerprint density at radius 3 is 2.68 bits per heavy atom. The van der Waals surface area contributed by atoms with Gasteiger partial charge < -0.3 is 5.11 Å². The van der Waals surface area contributed by atoms with Crippen LogP contribution in [0.3, 0.4) is 0 Å². The molecular formula is C10H13N3O4S2. The SMILES string of the molecule is CCC(C#N)S(=O)(=O)NCc1nc(C)c(C(=O)O)s1. The summed E-state index contributed by atoms with van der Waals surface area (Å²) in [6.45, 7) is 3.03. The van der Waals surface area contributed by atoms with Crippen molar-refractivity contribution in [1.29, 1.82) is 5.26 Å². The monoisotopic (exact) mass is 303 g/mol. The van der Waals surface area contributed by atoms with E-state index in [1.165, 1.54) is 0 Å². The van der Waals surface area contributed by atoms with Gasteiger partial charge in [0.05, 0.1) is 18.3 Å². The Labute approximate surface area is 115 Å². The Morgan fingerprint density at radius 2 is 2.26 bits per heavy atom. The number of carboxylic acids is 1. The van der Waals surface area contributed by atoms with Gasteiger partial charge in [-0.1, -0.05) is 6.92 Å². The van der Waals surface area contributed by atoms with Crippen LogP contribution in [0, 0.1) is 18.3 Å². The maximum atomic E-state index is 11.7. The van der Waals surface area contributed by atoms with Crippen LogP contribution in [0.15, 0.2) is 0 Å². The van der Waals surface area contributed by atoms with E-state index in [0.29, 0.717) is 10.7 Å². The summed E-state index contributed by atoms with van der Waals surface area (Å²) in [7, 11) is -3.74. The molecule has 9 heteroatoms. The number of nitrogens with one attached hydrogen (secondary N) is 1. The van der Waals surface area contributed by atoms with Crippen LogP contribution in [0.4, 0.5) is 0 Å². The van der Waals surface area contributed by atoms with Gasteiger partial charge in [0.15, 0.2) is 5.25 Å². The number of hydrogen-bond donors (Lipinski definition) is 2. The maximum absolute atomic E-state index is 11.7. The van der Waals surface area contributed by atoms with Gasteiger partial charge in [-0.25, -0.2) is 22.9 Å². The van der Waals surface area contributed by atoms with Crippen LogP contribution >= 0.6 is 11.3 Å². The van der Waals surface area contributed by atoms with Crippen molar-refractivity contribution in [3.8, 4) is 6.07 Å². The first-order valence-electron chi connectivity index (χ1n) is 5.39. The van der Waals surface area contributed by atoms with Gasteiger partial charge in [0.25, 0.3) is 0 Å². The number of aromatic nitrogens is 1. The first kappa shape index (κ1) is 15.6. The van der Waals surface area contributed by atoms with Crippen LogP contribution < -0.4 is 4.72 Å². The summed E-state index contributed by atoms with van der Waals surface area (Å²) in [5, 5.41) is 16.8. The van der Waals surface area contributed by atoms with E-state index >= 15 is 0 Å². The summed E-state index contributed by atoms with van der Waals surface area (Å²) >= 11 is 0.915. The van der Waals surface area contributed by atoms with E-state index in [-0.39, 0.29) is 17.8 Å². The third-order valence-corrected chi connectivity index (χ3v) is 5.23. The number of nitriles is 1. The molecule has 1 unspecified atom stereocenters. The lowest BCUT2D eigenvalue weighted by Crippen LogP contribution is -2.32. The molecule has 0 aliphatic heterocycles. The molecule has 7 nitrogen and oxygen atoms in total. The van der Waals surface area contributed by atoms with Crippen molar-refractivity contribution >= 4 is 27.3 Å². The molecule has 0 aliphatic carbocycles. The Morgan fingerprint density at radius 1 is 1.63 bits per heavy atom. The van der Waals surface area contributed by atoms with Gasteiger partial charge in [-0.3, -0.25) is 0 Å². The van der Waals surface area contributed by atoms with Crippen molar-refractivity contribution in [3.05, 3.63) is 15.6 Å². The van der Waals surface area contributed by atoms with Crippen molar-refractivity contribution in [2.75, 3.05) is 0 Å². The Balaban J connectivity index is 2.81. The highest BCUT2D eigenvalue weighted by molar-refractivity contribution is 7.90. The predicted molar refractivity (Wildman–Crippen MR) is 69.3 cm³/mol. The average molecular weight is 303 g/mol. The predicted octanol–water partition coefficient (Wildman–Crippen LogP) is 0.871. The molecule has 0 saturated carbocycles. The minimum atomic E-state index is -3.74. The highest BCUT2D eigenvalue weighted by Gasteiger charge is 2.23. The van der Waals surface area contributed by atoms with Gasteiger partial charge in [-0.2, -0.15) is 5.26 Å². The highest BCUT2D eigenvalue weighted by Crippen LogP contribution is 2.18. The molecule has 104 valence electrons. The fourth-order valence-electron chi connectivity index (χ4n) is 1.37. The van der Waals surface area contributed by atoms with Crippen LogP contribution in [0.1, 0.15) is 33.7 Å². The Bertz CT molecular complexity index is 615. The molecular weight excluding hydrogens is 290 g/mol. The molecule has 1 rings (SSSR count). The molecule has 19 heavy (non-hydrogen) atoms. The van der Waals surface area contributed by atoms with Crippen LogP contribution in [-0.4, -0.2) is 29.7 Å². The van der Waals surface area contributed by atoms with Gasteiger partial charge in [-0.05, 0) is 13.3 Å². The van der Waals surface area contributed by atoms with Crippen LogP contribution in [-0.2, 0) is 16.6 Å². The van der Waals surface area contributed by atoms with Crippen molar-refractivity contribution in [1.82, 2.24) is 9.71 Å². The fourth-order valence-corrected chi connectivity index (χ4v) is 3.42. The minimum Gasteiger partial charge on any atom is -0.477 e. The molecule has 2 N–H and O–H groups in total. The average Bonchev–Trinajstić information content (AvgIpc) is 2.69. The topological polar surface area (TPSA) is 120 Å². The van der Waals surface area contributed by atoms with Gasteiger partial charge in [0.1, 0.15) is 9.88 Å². The van der Waals surface area contributed by atoms with Gasteiger partial charge in [0.2, 0.25) is 10.0 Å². The van der Waals surface area contributed by atoms with E-state index in [0.717, 1.165) is 11.3 Å². The van der Waals surface area contributed by atoms with E-state index in [1.54, 1.807) is 19.9 Å². The lowest BCUT2D eigenvalue weighted by molar-refractivity contribution is 0.0701. The molecule has 0 amide bonds. The van der Waals surface area contributed by atoms with Gasteiger partial charge in [-0.15, -0.1) is 11.3 Å². The summed E-state index contributed by atoms with van der Waals surface area (Å²) in [6.07, 6.45) is 0.184. The molecule has 1 heterocycles.